The summed E-state index contributed by atoms with van der Waals surface area (Å²) in [5.41, 5.74) is 4.59. The van der Waals surface area contributed by atoms with Crippen LogP contribution in [0.4, 0.5) is 4.39 Å². The third-order valence-corrected chi connectivity index (χ3v) is 3.58. The largest absolute Gasteiger partial charge is 0.343 e. The summed E-state index contributed by atoms with van der Waals surface area (Å²) in [7, 11) is 0. The van der Waals surface area contributed by atoms with Gasteiger partial charge in [-0.2, -0.15) is 0 Å². The first kappa shape index (κ1) is 12.0. The van der Waals surface area contributed by atoms with Crippen molar-refractivity contribution in [2.45, 2.75) is 20.4 Å². The Balaban J connectivity index is 2.03. The van der Waals surface area contributed by atoms with Crippen molar-refractivity contribution < 1.29 is 4.39 Å². The van der Waals surface area contributed by atoms with Crippen LogP contribution in [0.25, 0.3) is 10.9 Å². The smallest absolute Gasteiger partial charge is 0.123 e. The number of hydrogen-bond acceptors (Lipinski definition) is 0. The minimum absolute atomic E-state index is 0.173. The van der Waals surface area contributed by atoms with E-state index in [0.29, 0.717) is 6.54 Å². The van der Waals surface area contributed by atoms with E-state index in [0.717, 1.165) is 11.1 Å². The predicted molar refractivity (Wildman–Crippen MR) is 76.9 cm³/mol. The first-order valence-electron chi connectivity index (χ1n) is 6.44. The molecule has 19 heavy (non-hydrogen) atoms. The van der Waals surface area contributed by atoms with Crippen LogP contribution in [-0.4, -0.2) is 4.57 Å². The van der Waals surface area contributed by atoms with Gasteiger partial charge in [-0.15, -0.1) is 0 Å². The minimum atomic E-state index is -0.173. The number of nitrogens with zero attached hydrogens (tertiary/aromatic N) is 1. The van der Waals surface area contributed by atoms with Gasteiger partial charge in [0.15, 0.2) is 0 Å². The van der Waals surface area contributed by atoms with E-state index < -0.39 is 0 Å². The molecule has 0 atom stereocenters. The second-order valence-electron chi connectivity index (χ2n) is 5.08. The van der Waals surface area contributed by atoms with Gasteiger partial charge in [0.25, 0.3) is 0 Å². The molecule has 0 fully saturated rings. The Hall–Kier alpha value is -2.09. The summed E-state index contributed by atoms with van der Waals surface area (Å²) < 4.78 is 15.5. The first-order valence-corrected chi connectivity index (χ1v) is 6.44. The Morgan fingerprint density at radius 1 is 1.00 bits per heavy atom. The van der Waals surface area contributed by atoms with Gasteiger partial charge in [0.1, 0.15) is 5.82 Å². The lowest BCUT2D eigenvalue weighted by atomic mass is 10.1. The summed E-state index contributed by atoms with van der Waals surface area (Å²) in [5.74, 6) is -0.173. The molecule has 96 valence electrons. The summed E-state index contributed by atoms with van der Waals surface area (Å²) in [4.78, 5) is 0. The lowest BCUT2D eigenvalue weighted by Crippen LogP contribution is -2.00. The van der Waals surface area contributed by atoms with Crippen LogP contribution in [-0.2, 0) is 6.54 Å². The topological polar surface area (TPSA) is 4.93 Å². The number of rotatable bonds is 2. The highest BCUT2D eigenvalue weighted by Gasteiger charge is 2.05. The van der Waals surface area contributed by atoms with Gasteiger partial charge < -0.3 is 4.57 Å². The van der Waals surface area contributed by atoms with Gasteiger partial charge in [0, 0.05) is 18.3 Å². The molecule has 1 nitrogen and oxygen atoms in total. The second-order valence-corrected chi connectivity index (χ2v) is 5.08. The lowest BCUT2D eigenvalue weighted by Gasteiger charge is -2.09. The van der Waals surface area contributed by atoms with E-state index >= 15 is 0 Å². The summed E-state index contributed by atoms with van der Waals surface area (Å²) in [6.45, 7) is 4.81. The normalized spacial score (nSPS) is 11.1. The van der Waals surface area contributed by atoms with Crippen LogP contribution in [0.15, 0.2) is 48.7 Å². The molecule has 0 saturated carbocycles. The summed E-state index contributed by atoms with van der Waals surface area (Å²) in [6.07, 6.45) is 2.06. The average molecular weight is 253 g/mol. The summed E-state index contributed by atoms with van der Waals surface area (Å²) in [5, 5.41) is 1.23. The van der Waals surface area contributed by atoms with E-state index in [2.05, 4.69) is 42.0 Å². The highest BCUT2D eigenvalue weighted by atomic mass is 19.1. The van der Waals surface area contributed by atoms with Gasteiger partial charge in [-0.25, -0.2) is 4.39 Å². The van der Waals surface area contributed by atoms with Crippen molar-refractivity contribution in [2.24, 2.45) is 0 Å². The van der Waals surface area contributed by atoms with Crippen LogP contribution >= 0.6 is 0 Å². The average Bonchev–Trinajstić information content (AvgIpc) is 2.76. The van der Waals surface area contributed by atoms with Gasteiger partial charge in [-0.3, -0.25) is 0 Å². The molecule has 0 unspecified atom stereocenters. The molecule has 1 heterocycles. The third-order valence-electron chi connectivity index (χ3n) is 3.58. The molecule has 0 amide bonds. The summed E-state index contributed by atoms with van der Waals surface area (Å²) in [6, 6.07) is 13.5. The van der Waals surface area contributed by atoms with Gasteiger partial charge in [-0.1, -0.05) is 17.7 Å². The zero-order chi connectivity index (χ0) is 13.4. The molecule has 3 aromatic rings. The molecule has 2 aromatic carbocycles. The van der Waals surface area contributed by atoms with E-state index in [1.807, 2.05) is 13.0 Å². The van der Waals surface area contributed by atoms with E-state index in [1.54, 1.807) is 6.07 Å². The van der Waals surface area contributed by atoms with Crippen LogP contribution in [0.2, 0.25) is 0 Å². The molecule has 1 aromatic heterocycles. The van der Waals surface area contributed by atoms with Gasteiger partial charge >= 0.3 is 0 Å². The zero-order valence-corrected chi connectivity index (χ0v) is 11.2. The van der Waals surface area contributed by atoms with E-state index in [4.69, 9.17) is 0 Å². The maximum atomic E-state index is 13.3. The standard InChI is InChI=1S/C17H16FN/c1-12-3-6-17-14(9-12)7-8-19(17)11-15-10-16(18)5-4-13(15)2/h3-10H,11H2,1-2H3. The first-order chi connectivity index (χ1) is 9.13. The number of aryl methyl sites for hydroxylation is 2. The van der Waals surface area contributed by atoms with E-state index in [-0.39, 0.29) is 5.82 Å². The van der Waals surface area contributed by atoms with E-state index in [1.165, 1.54) is 22.5 Å². The Labute approximate surface area is 112 Å². The molecule has 0 aliphatic carbocycles. The number of halogens is 1. The van der Waals surface area contributed by atoms with E-state index in [9.17, 15) is 4.39 Å². The van der Waals surface area contributed by atoms with Gasteiger partial charge in [0.05, 0.1) is 0 Å². The maximum absolute atomic E-state index is 13.3. The predicted octanol–water partition coefficient (Wildman–Crippen LogP) is 4.45. The number of benzene rings is 2. The molecule has 3 rings (SSSR count). The molecule has 0 saturated heterocycles. The highest BCUT2D eigenvalue weighted by Crippen LogP contribution is 2.20. The van der Waals surface area contributed by atoms with Gasteiger partial charge in [0.2, 0.25) is 0 Å². The molecule has 0 spiro atoms. The zero-order valence-electron chi connectivity index (χ0n) is 11.2. The Bertz CT molecular complexity index is 740. The molecule has 0 bridgehead atoms. The lowest BCUT2D eigenvalue weighted by molar-refractivity contribution is 0.623. The van der Waals surface area contributed by atoms with Crippen molar-refractivity contribution in [1.82, 2.24) is 4.57 Å². The van der Waals surface area contributed by atoms with Crippen molar-refractivity contribution in [3.63, 3.8) is 0 Å². The van der Waals surface area contributed by atoms with Crippen LogP contribution in [0.1, 0.15) is 16.7 Å². The van der Waals surface area contributed by atoms with Crippen molar-refractivity contribution in [2.75, 3.05) is 0 Å². The molecule has 0 aliphatic rings. The fourth-order valence-electron chi connectivity index (χ4n) is 2.45. The Morgan fingerprint density at radius 2 is 1.84 bits per heavy atom. The van der Waals surface area contributed by atoms with Crippen molar-refractivity contribution >= 4 is 10.9 Å². The fourth-order valence-corrected chi connectivity index (χ4v) is 2.45. The maximum Gasteiger partial charge on any atom is 0.123 e. The van der Waals surface area contributed by atoms with Crippen molar-refractivity contribution in [3.05, 3.63) is 71.2 Å². The molecular weight excluding hydrogens is 237 g/mol. The molecule has 2 heteroatoms. The monoisotopic (exact) mass is 253 g/mol. The number of fused-ring (bicyclic) bond motifs is 1. The quantitative estimate of drug-likeness (QED) is 0.636. The highest BCUT2D eigenvalue weighted by molar-refractivity contribution is 5.80. The Morgan fingerprint density at radius 3 is 2.68 bits per heavy atom. The van der Waals surface area contributed by atoms with Crippen LogP contribution in [0.3, 0.4) is 0 Å². The van der Waals surface area contributed by atoms with Crippen molar-refractivity contribution in [1.29, 1.82) is 0 Å². The third kappa shape index (κ3) is 2.26. The number of aromatic nitrogens is 1. The minimum Gasteiger partial charge on any atom is -0.343 e. The molecule has 0 radical (unpaired) electrons. The number of hydrogen-bond donors (Lipinski definition) is 0. The van der Waals surface area contributed by atoms with Crippen LogP contribution in [0.5, 0.6) is 0 Å². The SMILES string of the molecule is Cc1ccc2c(ccn2Cc2cc(F)ccc2C)c1. The molecular formula is C17H16FN. The second kappa shape index (κ2) is 4.54. The van der Waals surface area contributed by atoms with Crippen molar-refractivity contribution in [3.8, 4) is 0 Å². The van der Waals surface area contributed by atoms with Crippen LogP contribution in [0, 0.1) is 19.7 Å². The molecule has 0 aliphatic heterocycles. The Kier molecular flexibility index (Phi) is 2.86. The fraction of sp³-hybridized carbons (Fsp3) is 0.176. The van der Waals surface area contributed by atoms with Crippen LogP contribution < -0.4 is 0 Å². The van der Waals surface area contributed by atoms with Gasteiger partial charge in [-0.05, 0) is 60.7 Å². The summed E-state index contributed by atoms with van der Waals surface area (Å²) >= 11 is 0. The molecule has 0 N–H and O–H groups in total.